The van der Waals surface area contributed by atoms with Crippen LogP contribution in [0.1, 0.15) is 13.8 Å². The molecule has 0 spiro atoms. The Balaban J connectivity index is 1.72. The number of aliphatic hydroxyl groups excluding tert-OH is 1. The number of hydrogen-bond donors (Lipinski definition) is 3. The van der Waals surface area contributed by atoms with Gasteiger partial charge in [-0.15, -0.1) is 11.8 Å². The maximum atomic E-state index is 12.3. The van der Waals surface area contributed by atoms with Crippen molar-refractivity contribution in [2.75, 3.05) is 26.8 Å². The molecule has 2 fully saturated rings. The largest absolute Gasteiger partial charge is 0.477 e. The lowest BCUT2D eigenvalue weighted by Crippen LogP contribution is -2.63. The fourth-order valence-corrected chi connectivity index (χ4v) is 5.34. The number of ether oxygens (including phenoxy) is 1. The van der Waals surface area contributed by atoms with E-state index in [1.165, 1.54) is 16.7 Å². The molecule has 8 nitrogen and oxygen atoms in total. The third kappa shape index (κ3) is 2.84. The number of likely N-dealkylation sites (tertiary alicyclic amines) is 1. The molecule has 4 atom stereocenters. The predicted molar refractivity (Wildman–Crippen MR) is 92.2 cm³/mol. The number of carboxylic acids is 1. The molecular formula is C16H23N3O5S. The van der Waals surface area contributed by atoms with E-state index in [0.717, 1.165) is 0 Å². The number of rotatable bonds is 6. The van der Waals surface area contributed by atoms with Crippen LogP contribution in [0, 0.1) is 17.2 Å². The first-order chi connectivity index (χ1) is 11.8. The molecule has 0 bridgehead atoms. The van der Waals surface area contributed by atoms with Crippen LogP contribution in [0.25, 0.3) is 0 Å². The zero-order valence-electron chi connectivity index (χ0n) is 14.4. The number of methoxy groups -OCH3 is 1. The normalized spacial score (nSPS) is 30.1. The lowest BCUT2D eigenvalue weighted by atomic mass is 9.79. The van der Waals surface area contributed by atoms with Crippen LogP contribution < -0.4 is 0 Å². The number of β-lactam (4-membered cyclic amide) rings is 1. The molecule has 3 aliphatic heterocycles. The average Bonchev–Trinajstić information content (AvgIpc) is 2.71. The molecule has 9 heteroatoms. The van der Waals surface area contributed by atoms with E-state index in [1.54, 1.807) is 14.0 Å². The maximum Gasteiger partial charge on any atom is 0.353 e. The first kappa shape index (κ1) is 18.2. The number of amidine groups is 1. The van der Waals surface area contributed by atoms with E-state index < -0.39 is 18.0 Å². The van der Waals surface area contributed by atoms with Gasteiger partial charge in [0.1, 0.15) is 18.1 Å². The Morgan fingerprint density at radius 3 is 2.64 bits per heavy atom. The Hall–Kier alpha value is -1.58. The lowest BCUT2D eigenvalue weighted by molar-refractivity contribution is -0.163. The Bertz CT molecular complexity index is 644. The van der Waals surface area contributed by atoms with Crippen molar-refractivity contribution < 1.29 is 24.5 Å². The molecule has 3 aliphatic rings. The van der Waals surface area contributed by atoms with Gasteiger partial charge in [0.2, 0.25) is 5.91 Å². The number of hydrogen-bond acceptors (Lipinski definition) is 6. The summed E-state index contributed by atoms with van der Waals surface area (Å²) in [4.78, 5) is 27.9. The number of aliphatic hydroxyl groups is 1. The predicted octanol–water partition coefficient (Wildman–Crippen LogP) is 0.181. The SMILES string of the molecule is COCC(=N)N1CC(SC2=C(C(=O)O)N3C(=O)C(C(C)O)[C@H]3C2C)C1. The molecule has 0 saturated carbocycles. The summed E-state index contributed by atoms with van der Waals surface area (Å²) in [6.07, 6.45) is -0.788. The summed E-state index contributed by atoms with van der Waals surface area (Å²) < 4.78 is 4.95. The summed E-state index contributed by atoms with van der Waals surface area (Å²) in [5, 5.41) is 27.5. The molecule has 138 valence electrons. The number of fused-ring (bicyclic) bond motifs is 1. The number of thioether (sulfide) groups is 1. The average molecular weight is 369 g/mol. The molecule has 0 aliphatic carbocycles. The van der Waals surface area contributed by atoms with Gasteiger partial charge in [-0.25, -0.2) is 4.79 Å². The molecule has 25 heavy (non-hydrogen) atoms. The monoisotopic (exact) mass is 369 g/mol. The molecule has 3 rings (SSSR count). The second-order valence-corrected chi connectivity index (χ2v) is 8.14. The van der Waals surface area contributed by atoms with Crippen LogP contribution in [0.2, 0.25) is 0 Å². The van der Waals surface area contributed by atoms with E-state index in [1.807, 2.05) is 11.8 Å². The van der Waals surface area contributed by atoms with Gasteiger partial charge in [-0.3, -0.25) is 10.2 Å². The van der Waals surface area contributed by atoms with Gasteiger partial charge in [0, 0.05) is 36.3 Å². The maximum absolute atomic E-state index is 12.3. The van der Waals surface area contributed by atoms with E-state index in [9.17, 15) is 19.8 Å². The van der Waals surface area contributed by atoms with Crippen LogP contribution >= 0.6 is 11.8 Å². The van der Waals surface area contributed by atoms with Crippen LogP contribution in [0.15, 0.2) is 10.6 Å². The number of aliphatic carboxylic acids is 1. The van der Waals surface area contributed by atoms with Crippen molar-refractivity contribution in [3.05, 3.63) is 10.6 Å². The molecule has 3 heterocycles. The Labute approximate surface area is 150 Å². The summed E-state index contributed by atoms with van der Waals surface area (Å²) >= 11 is 1.49. The third-order valence-electron chi connectivity index (χ3n) is 5.12. The Morgan fingerprint density at radius 1 is 1.48 bits per heavy atom. The smallest absolute Gasteiger partial charge is 0.353 e. The number of amides is 1. The minimum Gasteiger partial charge on any atom is -0.477 e. The summed E-state index contributed by atoms with van der Waals surface area (Å²) in [5.41, 5.74) is 0.0646. The highest BCUT2D eigenvalue weighted by Crippen LogP contribution is 2.51. The zero-order chi connectivity index (χ0) is 18.5. The second-order valence-electron chi connectivity index (χ2n) is 6.80. The van der Waals surface area contributed by atoms with Crippen molar-refractivity contribution in [1.82, 2.24) is 9.80 Å². The van der Waals surface area contributed by atoms with Crippen molar-refractivity contribution in [1.29, 1.82) is 5.41 Å². The van der Waals surface area contributed by atoms with E-state index >= 15 is 0 Å². The van der Waals surface area contributed by atoms with Crippen molar-refractivity contribution >= 4 is 29.5 Å². The van der Waals surface area contributed by atoms with Crippen molar-refractivity contribution in [2.24, 2.45) is 11.8 Å². The molecule has 1 amide bonds. The fourth-order valence-electron chi connectivity index (χ4n) is 3.82. The van der Waals surface area contributed by atoms with Crippen LogP contribution in [0.3, 0.4) is 0 Å². The fraction of sp³-hybridized carbons (Fsp3) is 0.688. The molecule has 3 N–H and O–H groups in total. The first-order valence-corrected chi connectivity index (χ1v) is 9.12. The quantitative estimate of drug-likeness (QED) is 0.348. The van der Waals surface area contributed by atoms with E-state index in [0.29, 0.717) is 23.8 Å². The third-order valence-corrected chi connectivity index (χ3v) is 6.57. The van der Waals surface area contributed by atoms with Gasteiger partial charge in [-0.1, -0.05) is 6.92 Å². The van der Waals surface area contributed by atoms with Crippen molar-refractivity contribution in [3.63, 3.8) is 0 Å². The highest BCUT2D eigenvalue weighted by molar-refractivity contribution is 8.03. The minimum atomic E-state index is -1.10. The number of carboxylic acid groups (broad SMARTS) is 1. The standard InChI is InChI=1S/C16H23N3O5S/c1-7-12-11(8(2)20)15(21)19(12)13(16(22)23)14(7)25-9-4-18(5-9)10(17)6-24-3/h7-9,11-12,17,20H,4-6H2,1-3H3,(H,22,23)/t7?,8?,11?,12-/m1/s1. The lowest BCUT2D eigenvalue weighted by Gasteiger charge is -2.46. The highest BCUT2D eigenvalue weighted by Gasteiger charge is 2.60. The summed E-state index contributed by atoms with van der Waals surface area (Å²) in [6, 6.07) is -0.274. The molecule has 0 radical (unpaired) electrons. The van der Waals surface area contributed by atoms with Gasteiger partial charge < -0.3 is 24.7 Å². The van der Waals surface area contributed by atoms with Crippen LogP contribution in [0.5, 0.6) is 0 Å². The zero-order valence-corrected chi connectivity index (χ0v) is 15.2. The second kappa shape index (κ2) is 6.62. The summed E-state index contributed by atoms with van der Waals surface area (Å²) in [5.74, 6) is -1.63. The summed E-state index contributed by atoms with van der Waals surface area (Å²) in [7, 11) is 1.55. The number of nitrogens with one attached hydrogen (secondary N) is 1. The summed E-state index contributed by atoms with van der Waals surface area (Å²) in [6.45, 7) is 5.07. The molecule has 0 aromatic heterocycles. The van der Waals surface area contributed by atoms with Gasteiger partial charge in [0.15, 0.2) is 0 Å². The molecule has 3 unspecified atom stereocenters. The number of carbonyl (C=O) groups is 2. The van der Waals surface area contributed by atoms with Gasteiger partial charge in [-0.05, 0) is 6.92 Å². The van der Waals surface area contributed by atoms with E-state index in [-0.39, 0.29) is 35.4 Å². The van der Waals surface area contributed by atoms with Crippen LogP contribution in [0.4, 0.5) is 0 Å². The van der Waals surface area contributed by atoms with Crippen LogP contribution in [-0.4, -0.2) is 81.9 Å². The van der Waals surface area contributed by atoms with Gasteiger partial charge >= 0.3 is 5.97 Å². The van der Waals surface area contributed by atoms with E-state index in [4.69, 9.17) is 10.1 Å². The van der Waals surface area contributed by atoms with Crippen molar-refractivity contribution in [3.8, 4) is 0 Å². The molecule has 2 saturated heterocycles. The Morgan fingerprint density at radius 2 is 2.12 bits per heavy atom. The van der Waals surface area contributed by atoms with Gasteiger partial charge in [0.25, 0.3) is 0 Å². The van der Waals surface area contributed by atoms with Crippen LogP contribution in [-0.2, 0) is 14.3 Å². The first-order valence-electron chi connectivity index (χ1n) is 8.24. The molecular weight excluding hydrogens is 346 g/mol. The van der Waals surface area contributed by atoms with Crippen molar-refractivity contribution in [2.45, 2.75) is 31.2 Å². The molecule has 0 aromatic carbocycles. The Kier molecular flexibility index (Phi) is 4.82. The number of carbonyl (C=O) groups excluding carboxylic acids is 1. The van der Waals surface area contributed by atoms with Gasteiger partial charge in [-0.2, -0.15) is 0 Å². The highest BCUT2D eigenvalue weighted by atomic mass is 32.2. The minimum absolute atomic E-state index is 0.0646. The van der Waals surface area contributed by atoms with Gasteiger partial charge in [0.05, 0.1) is 18.1 Å². The van der Waals surface area contributed by atoms with E-state index in [2.05, 4.69) is 0 Å². The topological polar surface area (TPSA) is 114 Å². The number of nitrogens with zero attached hydrogens (tertiary/aromatic N) is 2. The molecule has 0 aromatic rings.